The van der Waals surface area contributed by atoms with Crippen molar-refractivity contribution in [3.63, 3.8) is 0 Å². The number of aromatic nitrogens is 1. The van der Waals surface area contributed by atoms with Crippen LogP contribution in [0.5, 0.6) is 5.75 Å². The van der Waals surface area contributed by atoms with Crippen LogP contribution in [0.2, 0.25) is 0 Å². The van der Waals surface area contributed by atoms with Crippen molar-refractivity contribution in [1.29, 1.82) is 0 Å². The highest BCUT2D eigenvalue weighted by molar-refractivity contribution is 6.00. The zero-order chi connectivity index (χ0) is 19.3. The third-order valence-corrected chi connectivity index (χ3v) is 4.58. The van der Waals surface area contributed by atoms with E-state index in [0.29, 0.717) is 0 Å². The van der Waals surface area contributed by atoms with Crippen molar-refractivity contribution in [2.45, 2.75) is 12.8 Å². The summed E-state index contributed by atoms with van der Waals surface area (Å²) in [6.07, 6.45) is 1.75. The van der Waals surface area contributed by atoms with Crippen LogP contribution < -0.4 is 4.74 Å². The number of hydrogen-bond donors (Lipinski definition) is 0. The molecule has 0 aliphatic rings. The zero-order valence-corrected chi connectivity index (χ0v) is 15.5. The molecule has 0 spiro atoms. The summed E-state index contributed by atoms with van der Waals surface area (Å²) in [5.74, 6) is -0.575. The molecule has 26 heavy (non-hydrogen) atoms. The number of carbonyl (C=O) groups is 2. The first-order valence-corrected chi connectivity index (χ1v) is 8.07. The predicted molar refractivity (Wildman–Crippen MR) is 98.0 cm³/mol. The molecule has 0 fully saturated rings. The SMILES string of the molecule is C=C=CCC(Cc1cc2cc(OC)ccc2n1C)(C(=O)OC)C(=O)OC. The fourth-order valence-electron chi connectivity index (χ4n) is 3.09. The number of esters is 2. The lowest BCUT2D eigenvalue weighted by Crippen LogP contribution is -2.43. The second-order valence-electron chi connectivity index (χ2n) is 5.97. The highest BCUT2D eigenvalue weighted by atomic mass is 16.5. The summed E-state index contributed by atoms with van der Waals surface area (Å²) in [5, 5.41) is 0.949. The van der Waals surface area contributed by atoms with Gasteiger partial charge >= 0.3 is 11.9 Å². The first-order valence-electron chi connectivity index (χ1n) is 8.07. The first-order chi connectivity index (χ1) is 12.4. The summed E-state index contributed by atoms with van der Waals surface area (Å²) in [6.45, 7) is 3.51. The second-order valence-corrected chi connectivity index (χ2v) is 5.97. The van der Waals surface area contributed by atoms with Crippen LogP contribution in [0, 0.1) is 5.41 Å². The van der Waals surface area contributed by atoms with Gasteiger partial charge in [0.1, 0.15) is 5.75 Å². The Labute approximate surface area is 152 Å². The van der Waals surface area contributed by atoms with Crippen LogP contribution in [0.1, 0.15) is 12.1 Å². The number of rotatable bonds is 7. The van der Waals surface area contributed by atoms with E-state index in [1.165, 1.54) is 14.2 Å². The van der Waals surface area contributed by atoms with E-state index in [0.717, 1.165) is 22.3 Å². The Hall–Kier alpha value is -2.98. The van der Waals surface area contributed by atoms with Crippen LogP contribution in [-0.4, -0.2) is 37.8 Å². The minimum Gasteiger partial charge on any atom is -0.497 e. The maximum atomic E-state index is 12.6. The summed E-state index contributed by atoms with van der Waals surface area (Å²) in [7, 11) is 5.99. The molecule has 1 aromatic carbocycles. The standard InChI is InChI=1S/C20H23NO5/c1-6-7-10-20(18(22)25-4,19(23)26-5)13-15-11-14-12-16(24-3)8-9-17(14)21(15)2/h7-9,11-12H,1,10,13H2,2-5H3. The van der Waals surface area contributed by atoms with Crippen LogP contribution in [-0.2, 0) is 32.5 Å². The molecule has 0 atom stereocenters. The Bertz CT molecular complexity index is 858. The number of methoxy groups -OCH3 is 3. The number of allylic oxidation sites excluding steroid dienone is 1. The molecular formula is C20H23NO5. The molecule has 0 amide bonds. The van der Waals surface area contributed by atoms with E-state index >= 15 is 0 Å². The fraction of sp³-hybridized carbons (Fsp3) is 0.350. The Kier molecular flexibility index (Phi) is 5.90. The molecule has 138 valence electrons. The van der Waals surface area contributed by atoms with Crippen LogP contribution in [0.25, 0.3) is 10.9 Å². The maximum Gasteiger partial charge on any atom is 0.323 e. The van der Waals surface area contributed by atoms with Crippen LogP contribution >= 0.6 is 0 Å². The van der Waals surface area contributed by atoms with Gasteiger partial charge in [-0.2, -0.15) is 0 Å². The number of carbonyl (C=O) groups excluding carboxylic acids is 2. The molecule has 0 radical (unpaired) electrons. The van der Waals surface area contributed by atoms with Crippen molar-refractivity contribution < 1.29 is 23.8 Å². The number of fused-ring (bicyclic) bond motifs is 1. The molecule has 0 aliphatic carbocycles. The molecule has 1 heterocycles. The van der Waals surface area contributed by atoms with Crippen molar-refractivity contribution >= 4 is 22.8 Å². The molecule has 6 heteroatoms. The number of benzene rings is 1. The van der Waals surface area contributed by atoms with Gasteiger partial charge in [-0.05, 0) is 30.3 Å². The molecular weight excluding hydrogens is 334 g/mol. The van der Waals surface area contributed by atoms with E-state index in [4.69, 9.17) is 14.2 Å². The van der Waals surface area contributed by atoms with Crippen molar-refractivity contribution in [2.24, 2.45) is 12.5 Å². The van der Waals surface area contributed by atoms with Crippen molar-refractivity contribution in [3.8, 4) is 5.75 Å². The van der Waals surface area contributed by atoms with Crippen molar-refractivity contribution in [2.75, 3.05) is 21.3 Å². The van der Waals surface area contributed by atoms with Gasteiger partial charge in [-0.15, -0.1) is 5.73 Å². The molecule has 0 saturated carbocycles. The lowest BCUT2D eigenvalue weighted by atomic mass is 9.79. The largest absolute Gasteiger partial charge is 0.497 e. The van der Waals surface area contributed by atoms with Gasteiger partial charge in [-0.1, -0.05) is 6.58 Å². The number of hydrogen-bond acceptors (Lipinski definition) is 5. The van der Waals surface area contributed by atoms with E-state index < -0.39 is 17.4 Å². The van der Waals surface area contributed by atoms with E-state index in [-0.39, 0.29) is 12.8 Å². The normalized spacial score (nSPS) is 10.9. The van der Waals surface area contributed by atoms with E-state index in [1.54, 1.807) is 13.2 Å². The average Bonchev–Trinajstić information content (AvgIpc) is 2.98. The Morgan fingerprint density at radius 2 is 1.85 bits per heavy atom. The van der Waals surface area contributed by atoms with Crippen LogP contribution in [0.4, 0.5) is 0 Å². The molecule has 0 N–H and O–H groups in total. The topological polar surface area (TPSA) is 66.8 Å². The van der Waals surface area contributed by atoms with Gasteiger partial charge in [0.25, 0.3) is 0 Å². The fourth-order valence-corrected chi connectivity index (χ4v) is 3.09. The Morgan fingerprint density at radius 3 is 2.38 bits per heavy atom. The number of ether oxygens (including phenoxy) is 3. The van der Waals surface area contributed by atoms with Gasteiger partial charge in [-0.3, -0.25) is 9.59 Å². The third kappa shape index (κ3) is 3.37. The molecule has 0 saturated heterocycles. The van der Waals surface area contributed by atoms with Crippen LogP contribution in [0.3, 0.4) is 0 Å². The molecule has 2 rings (SSSR count). The van der Waals surface area contributed by atoms with Gasteiger partial charge in [0.2, 0.25) is 0 Å². The van der Waals surface area contributed by atoms with E-state index in [9.17, 15) is 9.59 Å². The lowest BCUT2D eigenvalue weighted by molar-refractivity contribution is -0.169. The highest BCUT2D eigenvalue weighted by Crippen LogP contribution is 2.34. The predicted octanol–water partition coefficient (Wildman–Crippen LogP) is 2.79. The monoisotopic (exact) mass is 357 g/mol. The minimum atomic E-state index is -1.50. The average molecular weight is 357 g/mol. The number of aryl methyl sites for hydroxylation is 1. The highest BCUT2D eigenvalue weighted by Gasteiger charge is 2.48. The van der Waals surface area contributed by atoms with E-state index in [2.05, 4.69) is 12.3 Å². The van der Waals surface area contributed by atoms with E-state index in [1.807, 2.05) is 35.9 Å². The second kappa shape index (κ2) is 7.93. The quantitative estimate of drug-likeness (QED) is 0.433. The van der Waals surface area contributed by atoms with Gasteiger partial charge in [0, 0.05) is 36.5 Å². The van der Waals surface area contributed by atoms with Gasteiger partial charge in [-0.25, -0.2) is 0 Å². The van der Waals surface area contributed by atoms with Crippen LogP contribution in [0.15, 0.2) is 42.7 Å². The lowest BCUT2D eigenvalue weighted by Gasteiger charge is -2.27. The van der Waals surface area contributed by atoms with Gasteiger partial charge in [0.05, 0.1) is 21.3 Å². The molecule has 6 nitrogen and oxygen atoms in total. The third-order valence-electron chi connectivity index (χ3n) is 4.58. The first kappa shape index (κ1) is 19.3. The Balaban J connectivity index is 2.58. The number of nitrogens with zero attached hydrogens (tertiary/aromatic N) is 1. The van der Waals surface area contributed by atoms with Gasteiger partial charge < -0.3 is 18.8 Å². The minimum absolute atomic E-state index is 0.0840. The molecule has 0 unspecified atom stereocenters. The van der Waals surface area contributed by atoms with Crippen molar-refractivity contribution in [1.82, 2.24) is 4.57 Å². The van der Waals surface area contributed by atoms with Crippen molar-refractivity contribution in [3.05, 3.63) is 48.3 Å². The smallest absolute Gasteiger partial charge is 0.323 e. The Morgan fingerprint density at radius 1 is 1.19 bits per heavy atom. The summed E-state index contributed by atoms with van der Waals surface area (Å²) in [5.41, 5.74) is 2.86. The molecule has 0 bridgehead atoms. The van der Waals surface area contributed by atoms with Gasteiger partial charge in [0.15, 0.2) is 5.41 Å². The molecule has 1 aromatic heterocycles. The summed E-state index contributed by atoms with van der Waals surface area (Å²) in [4.78, 5) is 25.1. The molecule has 0 aliphatic heterocycles. The summed E-state index contributed by atoms with van der Waals surface area (Å²) >= 11 is 0. The maximum absolute atomic E-state index is 12.6. The summed E-state index contributed by atoms with van der Waals surface area (Å²) in [6, 6.07) is 7.62. The molecule has 2 aromatic rings. The zero-order valence-electron chi connectivity index (χ0n) is 15.5. The summed E-state index contributed by atoms with van der Waals surface area (Å²) < 4.78 is 17.0.